The summed E-state index contributed by atoms with van der Waals surface area (Å²) in [6, 6.07) is 13.7. The van der Waals surface area contributed by atoms with Gasteiger partial charge in [0.15, 0.2) is 0 Å². The van der Waals surface area contributed by atoms with Crippen LogP contribution in [0.25, 0.3) is 11.0 Å². The van der Waals surface area contributed by atoms with Crippen LogP contribution in [0.3, 0.4) is 0 Å². The first kappa shape index (κ1) is 18.5. The van der Waals surface area contributed by atoms with E-state index in [2.05, 4.69) is 15.3 Å². The van der Waals surface area contributed by atoms with Gasteiger partial charge in [0.25, 0.3) is 0 Å². The van der Waals surface area contributed by atoms with Gasteiger partial charge in [-0.25, -0.2) is 19.6 Å². The zero-order chi connectivity index (χ0) is 20.4. The Morgan fingerprint density at radius 1 is 1.10 bits per heavy atom. The SMILES string of the molecule is Cc1nc2ccccc2nc1COC(=O)c1cccc(CN2C(=O)CNC2=O)c1. The number of amides is 3. The quantitative estimate of drug-likeness (QED) is 0.530. The predicted molar refractivity (Wildman–Crippen MR) is 104 cm³/mol. The number of hydrogen-bond donors (Lipinski definition) is 1. The normalized spacial score (nSPS) is 13.6. The number of hydrogen-bond acceptors (Lipinski definition) is 6. The number of para-hydroxylation sites is 2. The zero-order valence-corrected chi connectivity index (χ0v) is 15.7. The summed E-state index contributed by atoms with van der Waals surface area (Å²) in [5.41, 5.74) is 3.80. The van der Waals surface area contributed by atoms with Crippen molar-refractivity contribution in [2.24, 2.45) is 0 Å². The van der Waals surface area contributed by atoms with E-state index in [0.717, 1.165) is 15.9 Å². The van der Waals surface area contributed by atoms with Crippen LogP contribution in [-0.2, 0) is 22.7 Å². The standard InChI is InChI=1S/C21H18N4O4/c1-13-18(24-17-8-3-2-7-16(17)23-13)12-29-20(27)15-6-4-5-14(9-15)11-25-19(26)10-22-21(25)28/h2-9H,10-12H2,1H3,(H,22,28). The Kier molecular flexibility index (Phi) is 4.90. The lowest BCUT2D eigenvalue weighted by molar-refractivity contribution is -0.125. The van der Waals surface area contributed by atoms with Gasteiger partial charge < -0.3 is 10.1 Å². The van der Waals surface area contributed by atoms with Crippen molar-refractivity contribution in [3.63, 3.8) is 0 Å². The third-order valence-corrected chi connectivity index (χ3v) is 4.62. The molecule has 29 heavy (non-hydrogen) atoms. The molecule has 0 radical (unpaired) electrons. The molecule has 0 spiro atoms. The van der Waals surface area contributed by atoms with Crippen LogP contribution in [0.4, 0.5) is 4.79 Å². The minimum Gasteiger partial charge on any atom is -0.456 e. The second kappa shape index (κ2) is 7.67. The zero-order valence-electron chi connectivity index (χ0n) is 15.7. The van der Waals surface area contributed by atoms with Gasteiger partial charge in [-0.05, 0) is 36.8 Å². The number of urea groups is 1. The molecule has 2 heterocycles. The van der Waals surface area contributed by atoms with Crippen LogP contribution in [0, 0.1) is 6.92 Å². The third-order valence-electron chi connectivity index (χ3n) is 4.62. The molecule has 0 bridgehead atoms. The van der Waals surface area contributed by atoms with E-state index in [9.17, 15) is 14.4 Å². The lowest BCUT2D eigenvalue weighted by Crippen LogP contribution is -2.30. The minimum absolute atomic E-state index is 0.000253. The van der Waals surface area contributed by atoms with E-state index in [4.69, 9.17) is 4.74 Å². The van der Waals surface area contributed by atoms with Crippen LogP contribution >= 0.6 is 0 Å². The molecular formula is C21H18N4O4. The van der Waals surface area contributed by atoms with Gasteiger partial charge in [-0.15, -0.1) is 0 Å². The Labute approximate surface area is 166 Å². The van der Waals surface area contributed by atoms with E-state index in [1.165, 1.54) is 0 Å². The summed E-state index contributed by atoms with van der Waals surface area (Å²) in [6.07, 6.45) is 0. The van der Waals surface area contributed by atoms with Crippen molar-refractivity contribution in [2.75, 3.05) is 6.54 Å². The molecule has 4 rings (SSSR count). The minimum atomic E-state index is -0.515. The summed E-state index contributed by atoms with van der Waals surface area (Å²) in [5.74, 6) is -0.813. The number of esters is 1. The van der Waals surface area contributed by atoms with Crippen LogP contribution in [0.15, 0.2) is 48.5 Å². The van der Waals surface area contributed by atoms with E-state index < -0.39 is 12.0 Å². The molecule has 1 saturated heterocycles. The van der Waals surface area contributed by atoms with E-state index in [0.29, 0.717) is 22.5 Å². The summed E-state index contributed by atoms with van der Waals surface area (Å²) in [7, 11) is 0. The molecule has 1 fully saturated rings. The number of nitrogens with zero attached hydrogens (tertiary/aromatic N) is 3. The van der Waals surface area contributed by atoms with E-state index in [-0.39, 0.29) is 25.6 Å². The van der Waals surface area contributed by atoms with Gasteiger partial charge in [0.2, 0.25) is 5.91 Å². The average molecular weight is 390 g/mol. The van der Waals surface area contributed by atoms with Crippen molar-refractivity contribution in [1.29, 1.82) is 0 Å². The Bertz CT molecular complexity index is 1110. The van der Waals surface area contributed by atoms with Gasteiger partial charge in [-0.3, -0.25) is 9.69 Å². The molecule has 1 aliphatic rings. The maximum Gasteiger partial charge on any atom is 0.338 e. The highest BCUT2D eigenvalue weighted by Crippen LogP contribution is 2.15. The lowest BCUT2D eigenvalue weighted by atomic mass is 10.1. The highest BCUT2D eigenvalue weighted by Gasteiger charge is 2.28. The topological polar surface area (TPSA) is 101 Å². The predicted octanol–water partition coefficient (Wildman–Crippen LogP) is 2.35. The highest BCUT2D eigenvalue weighted by molar-refractivity contribution is 6.01. The summed E-state index contributed by atoms with van der Waals surface area (Å²) in [6.45, 7) is 1.91. The molecule has 0 saturated carbocycles. The average Bonchev–Trinajstić information content (AvgIpc) is 3.04. The maximum absolute atomic E-state index is 12.5. The number of aromatic nitrogens is 2. The molecule has 146 valence electrons. The fraction of sp³-hybridized carbons (Fsp3) is 0.190. The van der Waals surface area contributed by atoms with Crippen LogP contribution in [0.2, 0.25) is 0 Å². The monoisotopic (exact) mass is 390 g/mol. The smallest absolute Gasteiger partial charge is 0.338 e. The van der Waals surface area contributed by atoms with E-state index in [1.807, 2.05) is 31.2 Å². The van der Waals surface area contributed by atoms with Gasteiger partial charge in [0.05, 0.1) is 41.1 Å². The molecule has 1 aromatic heterocycles. The molecule has 3 aromatic rings. The van der Waals surface area contributed by atoms with Crippen molar-refractivity contribution < 1.29 is 19.1 Å². The molecule has 0 unspecified atom stereocenters. The fourth-order valence-electron chi connectivity index (χ4n) is 3.07. The number of ether oxygens (including phenoxy) is 1. The number of carbonyl (C=O) groups is 3. The molecular weight excluding hydrogens is 372 g/mol. The molecule has 0 atom stereocenters. The molecule has 8 nitrogen and oxygen atoms in total. The number of nitrogens with one attached hydrogen (secondary N) is 1. The Morgan fingerprint density at radius 3 is 2.59 bits per heavy atom. The number of imide groups is 1. The van der Waals surface area contributed by atoms with Crippen LogP contribution in [-0.4, -0.2) is 39.3 Å². The lowest BCUT2D eigenvalue weighted by Gasteiger charge is -2.13. The summed E-state index contributed by atoms with van der Waals surface area (Å²) in [5, 5.41) is 2.47. The van der Waals surface area contributed by atoms with Crippen molar-refractivity contribution in [1.82, 2.24) is 20.2 Å². The van der Waals surface area contributed by atoms with Gasteiger partial charge in [-0.1, -0.05) is 24.3 Å². The molecule has 1 N–H and O–H groups in total. The van der Waals surface area contributed by atoms with Gasteiger partial charge in [-0.2, -0.15) is 0 Å². The summed E-state index contributed by atoms with van der Waals surface area (Å²) < 4.78 is 5.41. The van der Waals surface area contributed by atoms with E-state index >= 15 is 0 Å². The molecule has 3 amide bonds. The summed E-state index contributed by atoms with van der Waals surface area (Å²) in [4.78, 5) is 46.0. The number of fused-ring (bicyclic) bond motifs is 1. The second-order valence-electron chi connectivity index (χ2n) is 6.66. The van der Waals surface area contributed by atoms with Crippen LogP contribution in [0.1, 0.15) is 27.3 Å². The van der Waals surface area contributed by atoms with Gasteiger partial charge in [0, 0.05) is 0 Å². The van der Waals surface area contributed by atoms with Crippen molar-refractivity contribution >= 4 is 28.9 Å². The first-order valence-corrected chi connectivity index (χ1v) is 9.08. The molecule has 2 aromatic carbocycles. The number of carbonyl (C=O) groups excluding carboxylic acids is 3. The summed E-state index contributed by atoms with van der Waals surface area (Å²) >= 11 is 0. The van der Waals surface area contributed by atoms with Gasteiger partial charge in [0.1, 0.15) is 6.61 Å². The van der Waals surface area contributed by atoms with E-state index in [1.54, 1.807) is 24.3 Å². The largest absolute Gasteiger partial charge is 0.456 e. The van der Waals surface area contributed by atoms with Crippen molar-refractivity contribution in [3.8, 4) is 0 Å². The van der Waals surface area contributed by atoms with Gasteiger partial charge >= 0.3 is 12.0 Å². The Balaban J connectivity index is 1.46. The van der Waals surface area contributed by atoms with Crippen LogP contribution < -0.4 is 5.32 Å². The highest BCUT2D eigenvalue weighted by atomic mass is 16.5. The number of aryl methyl sites for hydroxylation is 1. The second-order valence-corrected chi connectivity index (χ2v) is 6.66. The Hall–Kier alpha value is -3.81. The van der Waals surface area contributed by atoms with Crippen LogP contribution in [0.5, 0.6) is 0 Å². The molecule has 1 aliphatic heterocycles. The first-order valence-electron chi connectivity index (χ1n) is 9.08. The molecule has 8 heteroatoms. The first-order chi connectivity index (χ1) is 14.0. The molecule has 0 aliphatic carbocycles. The van der Waals surface area contributed by atoms with Crippen molar-refractivity contribution in [2.45, 2.75) is 20.1 Å². The number of benzene rings is 2. The number of rotatable bonds is 5. The van der Waals surface area contributed by atoms with Crippen molar-refractivity contribution in [3.05, 3.63) is 71.0 Å². The Morgan fingerprint density at radius 2 is 1.86 bits per heavy atom. The fourth-order valence-corrected chi connectivity index (χ4v) is 3.07. The third kappa shape index (κ3) is 3.91. The maximum atomic E-state index is 12.5.